The number of piperazine rings is 1. The zero-order chi connectivity index (χ0) is 22.4. The molecule has 7 nitrogen and oxygen atoms in total. The topological polar surface area (TPSA) is 63.5 Å². The number of amides is 1. The lowest BCUT2D eigenvalue weighted by Gasteiger charge is -2.44. The molecule has 0 spiro atoms. The molecule has 1 aliphatic carbocycles. The van der Waals surface area contributed by atoms with Gasteiger partial charge in [-0.2, -0.15) is 0 Å². The molecule has 1 saturated carbocycles. The molecule has 3 aromatic rings. The highest BCUT2D eigenvalue weighted by atomic mass is 35.5. The first-order valence-corrected chi connectivity index (χ1v) is 11.7. The third-order valence-corrected chi connectivity index (χ3v) is 6.69. The number of aromatic nitrogens is 3. The SMILES string of the molecule is CCOC(=O)N1C[C@H](C)N(c2ncnc3c2c(C2CC2)cn3-c2cccc(Cl)c2)C[C@H]1C. The lowest BCUT2D eigenvalue weighted by molar-refractivity contribution is 0.0829. The quantitative estimate of drug-likeness (QED) is 0.555. The maximum absolute atomic E-state index is 12.4. The van der Waals surface area contributed by atoms with Crippen molar-refractivity contribution in [1.82, 2.24) is 19.4 Å². The van der Waals surface area contributed by atoms with Crippen molar-refractivity contribution in [1.29, 1.82) is 0 Å². The van der Waals surface area contributed by atoms with Crippen LogP contribution in [0.4, 0.5) is 10.6 Å². The van der Waals surface area contributed by atoms with Gasteiger partial charge in [0.1, 0.15) is 17.8 Å². The van der Waals surface area contributed by atoms with Gasteiger partial charge < -0.3 is 19.1 Å². The van der Waals surface area contributed by atoms with Crippen molar-refractivity contribution < 1.29 is 9.53 Å². The average molecular weight is 454 g/mol. The normalized spacial score (nSPS) is 21.2. The molecule has 1 saturated heterocycles. The van der Waals surface area contributed by atoms with E-state index in [4.69, 9.17) is 21.3 Å². The highest BCUT2D eigenvalue weighted by Gasteiger charge is 2.36. The van der Waals surface area contributed by atoms with Crippen LogP contribution < -0.4 is 4.90 Å². The molecule has 0 bridgehead atoms. The maximum atomic E-state index is 12.4. The van der Waals surface area contributed by atoms with Crippen LogP contribution in [0, 0.1) is 0 Å². The van der Waals surface area contributed by atoms with Crippen molar-refractivity contribution in [3.05, 3.63) is 47.4 Å². The Morgan fingerprint density at radius 2 is 2.00 bits per heavy atom. The Kier molecular flexibility index (Phi) is 5.45. The van der Waals surface area contributed by atoms with E-state index in [1.54, 1.807) is 6.33 Å². The predicted octanol–water partition coefficient (Wildman–Crippen LogP) is 5.01. The van der Waals surface area contributed by atoms with E-state index in [1.807, 2.05) is 36.1 Å². The second-order valence-corrected chi connectivity index (χ2v) is 9.24. The van der Waals surface area contributed by atoms with E-state index in [-0.39, 0.29) is 18.2 Å². The molecular weight excluding hydrogens is 426 g/mol. The number of ether oxygens (including phenoxy) is 1. The number of carbonyl (C=O) groups excluding carboxylic acids is 1. The largest absolute Gasteiger partial charge is 0.450 e. The summed E-state index contributed by atoms with van der Waals surface area (Å²) in [6, 6.07) is 7.98. The molecule has 8 heteroatoms. The number of rotatable bonds is 4. The summed E-state index contributed by atoms with van der Waals surface area (Å²) in [5.41, 5.74) is 3.18. The van der Waals surface area contributed by atoms with Crippen LogP contribution in [0.5, 0.6) is 0 Å². The summed E-state index contributed by atoms with van der Waals surface area (Å²) in [6.07, 6.45) is 5.97. The first-order chi connectivity index (χ1) is 15.5. The van der Waals surface area contributed by atoms with Crippen molar-refractivity contribution in [3.8, 4) is 5.69 Å². The van der Waals surface area contributed by atoms with Crippen LogP contribution in [0.1, 0.15) is 45.1 Å². The number of anilines is 1. The fourth-order valence-corrected chi connectivity index (χ4v) is 4.88. The van der Waals surface area contributed by atoms with Gasteiger partial charge in [-0.1, -0.05) is 17.7 Å². The van der Waals surface area contributed by atoms with E-state index < -0.39 is 0 Å². The van der Waals surface area contributed by atoms with Crippen LogP contribution in [-0.2, 0) is 4.74 Å². The van der Waals surface area contributed by atoms with Gasteiger partial charge in [0.25, 0.3) is 0 Å². The number of hydrogen-bond donors (Lipinski definition) is 0. The fourth-order valence-electron chi connectivity index (χ4n) is 4.70. The Hall–Kier alpha value is -2.80. The third kappa shape index (κ3) is 3.68. The Morgan fingerprint density at radius 3 is 2.72 bits per heavy atom. The van der Waals surface area contributed by atoms with E-state index in [9.17, 15) is 4.79 Å². The first-order valence-electron chi connectivity index (χ1n) is 11.3. The minimum atomic E-state index is -0.245. The zero-order valence-corrected chi connectivity index (χ0v) is 19.4. The fraction of sp³-hybridized carbons (Fsp3) is 0.458. The molecule has 0 radical (unpaired) electrons. The Labute approximate surface area is 192 Å². The number of nitrogens with zero attached hydrogens (tertiary/aromatic N) is 5. The molecule has 32 heavy (non-hydrogen) atoms. The van der Waals surface area contributed by atoms with Crippen LogP contribution in [0.3, 0.4) is 0 Å². The van der Waals surface area contributed by atoms with Crippen LogP contribution in [-0.4, -0.2) is 57.3 Å². The van der Waals surface area contributed by atoms with E-state index in [0.717, 1.165) is 22.5 Å². The van der Waals surface area contributed by atoms with E-state index in [1.165, 1.54) is 18.4 Å². The number of fused-ring (bicyclic) bond motifs is 1. The molecule has 0 N–H and O–H groups in total. The van der Waals surface area contributed by atoms with Gasteiger partial charge in [0.2, 0.25) is 0 Å². The lowest BCUT2D eigenvalue weighted by atomic mass is 10.1. The van der Waals surface area contributed by atoms with Gasteiger partial charge in [0.05, 0.1) is 12.0 Å². The monoisotopic (exact) mass is 453 g/mol. The molecule has 2 aromatic heterocycles. The third-order valence-electron chi connectivity index (χ3n) is 6.46. The molecule has 168 valence electrons. The van der Waals surface area contributed by atoms with Gasteiger partial charge in [-0.25, -0.2) is 14.8 Å². The number of benzene rings is 1. The van der Waals surface area contributed by atoms with E-state index >= 15 is 0 Å². The smallest absolute Gasteiger partial charge is 0.410 e. The van der Waals surface area contributed by atoms with Crippen LogP contribution in [0.25, 0.3) is 16.7 Å². The van der Waals surface area contributed by atoms with Crippen molar-refractivity contribution >= 4 is 34.5 Å². The predicted molar refractivity (Wildman–Crippen MR) is 126 cm³/mol. The standard InChI is InChI=1S/C24H28ClN5O2/c1-4-32-24(31)29-12-15(2)28(11-16(29)3)22-21-20(17-8-9-17)13-30(23(21)27-14-26-22)19-7-5-6-18(25)10-19/h5-7,10,13-17H,4,8-9,11-12H2,1-3H3/t15-,16+/m0/s1. The van der Waals surface area contributed by atoms with Crippen molar-refractivity contribution in [2.75, 3.05) is 24.6 Å². The van der Waals surface area contributed by atoms with Crippen LogP contribution in [0.15, 0.2) is 36.8 Å². The van der Waals surface area contributed by atoms with Crippen molar-refractivity contribution in [2.45, 2.75) is 51.6 Å². The number of halogens is 1. The van der Waals surface area contributed by atoms with Gasteiger partial charge in [-0.15, -0.1) is 0 Å². The van der Waals surface area contributed by atoms with Gasteiger partial charge in [0, 0.05) is 42.1 Å². The summed E-state index contributed by atoms with van der Waals surface area (Å²) < 4.78 is 7.39. The minimum Gasteiger partial charge on any atom is -0.450 e. The van der Waals surface area contributed by atoms with Crippen LogP contribution >= 0.6 is 11.6 Å². The summed E-state index contributed by atoms with van der Waals surface area (Å²) >= 11 is 6.28. The van der Waals surface area contributed by atoms with E-state index in [2.05, 4.69) is 34.5 Å². The summed E-state index contributed by atoms with van der Waals surface area (Å²) in [6.45, 7) is 7.71. The molecule has 0 unspecified atom stereocenters. The summed E-state index contributed by atoms with van der Waals surface area (Å²) in [5.74, 6) is 1.48. The van der Waals surface area contributed by atoms with E-state index in [0.29, 0.717) is 30.6 Å². The maximum Gasteiger partial charge on any atom is 0.410 e. The summed E-state index contributed by atoms with van der Waals surface area (Å²) in [4.78, 5) is 26.0. The molecule has 5 rings (SSSR count). The molecule has 1 amide bonds. The Bertz CT molecular complexity index is 1160. The zero-order valence-electron chi connectivity index (χ0n) is 18.7. The molecule has 1 aromatic carbocycles. The molecule has 3 heterocycles. The lowest BCUT2D eigenvalue weighted by Crippen LogP contribution is -2.58. The van der Waals surface area contributed by atoms with Gasteiger partial charge in [-0.05, 0) is 63.3 Å². The van der Waals surface area contributed by atoms with Crippen molar-refractivity contribution in [3.63, 3.8) is 0 Å². The summed E-state index contributed by atoms with van der Waals surface area (Å²) in [7, 11) is 0. The van der Waals surface area contributed by atoms with Gasteiger partial charge in [-0.3, -0.25) is 0 Å². The van der Waals surface area contributed by atoms with Crippen LogP contribution in [0.2, 0.25) is 5.02 Å². The molecule has 1 aliphatic heterocycles. The molecule has 2 aliphatic rings. The second-order valence-electron chi connectivity index (χ2n) is 8.81. The Morgan fingerprint density at radius 1 is 1.19 bits per heavy atom. The van der Waals surface area contributed by atoms with Gasteiger partial charge >= 0.3 is 6.09 Å². The highest BCUT2D eigenvalue weighted by Crippen LogP contribution is 2.46. The van der Waals surface area contributed by atoms with Gasteiger partial charge in [0.15, 0.2) is 0 Å². The summed E-state index contributed by atoms with van der Waals surface area (Å²) in [5, 5.41) is 1.81. The van der Waals surface area contributed by atoms with Crippen molar-refractivity contribution in [2.24, 2.45) is 0 Å². The average Bonchev–Trinajstić information content (AvgIpc) is 3.55. The second kappa shape index (κ2) is 8.28. The Balaban J connectivity index is 1.58. The number of hydrogen-bond acceptors (Lipinski definition) is 5. The first kappa shape index (κ1) is 21.1. The molecule has 2 fully saturated rings. The minimum absolute atomic E-state index is 0.0228. The highest BCUT2D eigenvalue weighted by molar-refractivity contribution is 6.30. The number of carbonyl (C=O) groups is 1. The molecular formula is C24H28ClN5O2. The molecule has 2 atom stereocenters.